The van der Waals surface area contributed by atoms with Gasteiger partial charge in [-0.3, -0.25) is 4.79 Å². The molecule has 3 aromatic rings. The molecule has 3 rings (SSSR count). The van der Waals surface area contributed by atoms with Gasteiger partial charge >= 0.3 is 0 Å². The van der Waals surface area contributed by atoms with Crippen LogP contribution < -0.4 is 5.32 Å². The molecule has 6 heteroatoms. The van der Waals surface area contributed by atoms with Gasteiger partial charge in [-0.2, -0.15) is 0 Å². The van der Waals surface area contributed by atoms with Gasteiger partial charge in [0.05, 0.1) is 21.7 Å². The zero-order valence-electron chi connectivity index (χ0n) is 13.6. The molecule has 0 spiro atoms. The minimum atomic E-state index is -0.196. The quantitative estimate of drug-likeness (QED) is 0.586. The van der Waals surface area contributed by atoms with Crippen LogP contribution in [0, 0.1) is 0 Å². The number of amides is 1. The summed E-state index contributed by atoms with van der Waals surface area (Å²) < 4.78 is 0. The van der Waals surface area contributed by atoms with Gasteiger partial charge in [0.15, 0.2) is 0 Å². The number of hydrogen-bond donors (Lipinski definition) is 1. The van der Waals surface area contributed by atoms with Gasteiger partial charge < -0.3 is 5.32 Å². The molecule has 1 aromatic heterocycles. The molecule has 3 nitrogen and oxygen atoms in total. The van der Waals surface area contributed by atoms with Gasteiger partial charge in [0, 0.05) is 16.7 Å². The lowest BCUT2D eigenvalue weighted by molar-refractivity contribution is -0.115. The third-order valence-electron chi connectivity index (χ3n) is 3.55. The molecule has 0 aliphatic carbocycles. The van der Waals surface area contributed by atoms with Crippen LogP contribution in [0.4, 0.5) is 5.69 Å². The van der Waals surface area contributed by atoms with Crippen molar-refractivity contribution in [2.45, 2.75) is 17.9 Å². The van der Waals surface area contributed by atoms with Crippen molar-refractivity contribution in [3.05, 3.63) is 70.7 Å². The number of carbonyl (C=O) groups excluding carboxylic acids is 1. The van der Waals surface area contributed by atoms with E-state index < -0.39 is 0 Å². The molecule has 128 valence electrons. The van der Waals surface area contributed by atoms with Crippen LogP contribution in [0.25, 0.3) is 10.6 Å². The lowest BCUT2D eigenvalue weighted by atomic mass is 10.2. The van der Waals surface area contributed by atoms with Crippen LogP contribution in [0.15, 0.2) is 60.0 Å². The molecule has 1 atom stereocenters. The van der Waals surface area contributed by atoms with Crippen LogP contribution in [0.5, 0.6) is 0 Å². The number of aromatic nitrogens is 1. The SMILES string of the molecule is C[C@H](SCc1csc(-c2ccccc2)n1)C(=O)Nc1ccccc1Cl. The number of thiazole rings is 1. The topological polar surface area (TPSA) is 42.0 Å². The Labute approximate surface area is 160 Å². The molecule has 1 heterocycles. The molecule has 0 radical (unpaired) electrons. The normalized spacial score (nSPS) is 11.9. The fourth-order valence-corrected chi connectivity index (χ4v) is 4.06. The minimum absolute atomic E-state index is 0.0587. The Hall–Kier alpha value is -1.82. The molecule has 0 saturated carbocycles. The van der Waals surface area contributed by atoms with Crippen LogP contribution in [0.3, 0.4) is 0 Å². The van der Waals surface area contributed by atoms with Crippen molar-refractivity contribution >= 4 is 46.3 Å². The summed E-state index contributed by atoms with van der Waals surface area (Å²) in [4.78, 5) is 17.0. The Morgan fingerprint density at radius 1 is 1.20 bits per heavy atom. The predicted octanol–water partition coefficient (Wildman–Crippen LogP) is 5.72. The lowest BCUT2D eigenvalue weighted by Crippen LogP contribution is -2.22. The van der Waals surface area contributed by atoms with Crippen molar-refractivity contribution in [2.75, 3.05) is 5.32 Å². The summed E-state index contributed by atoms with van der Waals surface area (Å²) in [6.45, 7) is 1.89. The maximum atomic E-state index is 12.3. The number of carbonyl (C=O) groups is 1. The number of rotatable bonds is 6. The molecule has 25 heavy (non-hydrogen) atoms. The third kappa shape index (κ3) is 4.84. The van der Waals surface area contributed by atoms with E-state index in [9.17, 15) is 4.79 Å². The van der Waals surface area contributed by atoms with Crippen LogP contribution in [-0.2, 0) is 10.5 Å². The van der Waals surface area contributed by atoms with Crippen molar-refractivity contribution in [3.8, 4) is 10.6 Å². The van der Waals surface area contributed by atoms with E-state index in [2.05, 4.69) is 22.4 Å². The lowest BCUT2D eigenvalue weighted by Gasteiger charge is -2.12. The summed E-state index contributed by atoms with van der Waals surface area (Å²) in [5.41, 5.74) is 2.75. The first-order valence-electron chi connectivity index (χ1n) is 7.80. The Balaban J connectivity index is 1.55. The fourth-order valence-electron chi connectivity index (χ4n) is 2.17. The van der Waals surface area contributed by atoms with Crippen molar-refractivity contribution in [1.29, 1.82) is 0 Å². The molecule has 0 unspecified atom stereocenters. The highest BCUT2D eigenvalue weighted by Gasteiger charge is 2.15. The summed E-state index contributed by atoms with van der Waals surface area (Å²) >= 11 is 9.26. The maximum Gasteiger partial charge on any atom is 0.237 e. The molecule has 1 amide bonds. The van der Waals surface area contributed by atoms with Crippen LogP contribution in [0.2, 0.25) is 5.02 Å². The number of nitrogens with one attached hydrogen (secondary N) is 1. The second kappa shape index (κ2) is 8.52. The standard InChI is InChI=1S/C19H17ClN2OS2/c1-13(18(23)22-17-10-6-5-9-16(17)20)24-11-15-12-25-19(21-15)14-7-3-2-4-8-14/h2-10,12-13H,11H2,1H3,(H,22,23)/t13-/m0/s1. The van der Waals surface area contributed by atoms with Crippen molar-refractivity contribution in [2.24, 2.45) is 0 Å². The van der Waals surface area contributed by atoms with E-state index in [1.165, 1.54) is 0 Å². The average Bonchev–Trinajstić information content (AvgIpc) is 3.11. The van der Waals surface area contributed by atoms with Crippen LogP contribution in [0.1, 0.15) is 12.6 Å². The van der Waals surface area contributed by atoms with Crippen molar-refractivity contribution in [3.63, 3.8) is 0 Å². The van der Waals surface area contributed by atoms with Gasteiger partial charge in [0.2, 0.25) is 5.91 Å². The van der Waals surface area contributed by atoms with E-state index in [1.807, 2.05) is 42.6 Å². The highest BCUT2D eigenvalue weighted by Crippen LogP contribution is 2.27. The molecule has 2 aromatic carbocycles. The van der Waals surface area contributed by atoms with Gasteiger partial charge in [0.25, 0.3) is 0 Å². The Kier molecular flexibility index (Phi) is 6.13. The van der Waals surface area contributed by atoms with Crippen LogP contribution >= 0.6 is 34.7 Å². The number of benzene rings is 2. The summed E-state index contributed by atoms with van der Waals surface area (Å²) in [5, 5.41) is 6.27. The zero-order chi connectivity index (χ0) is 17.6. The Morgan fingerprint density at radius 2 is 1.92 bits per heavy atom. The van der Waals surface area contributed by atoms with E-state index in [-0.39, 0.29) is 11.2 Å². The van der Waals surface area contributed by atoms with E-state index in [1.54, 1.807) is 35.2 Å². The van der Waals surface area contributed by atoms with Gasteiger partial charge in [-0.25, -0.2) is 4.98 Å². The molecule has 0 bridgehead atoms. The molecule has 0 aliphatic rings. The third-order valence-corrected chi connectivity index (χ3v) is 6.00. The maximum absolute atomic E-state index is 12.3. The minimum Gasteiger partial charge on any atom is -0.324 e. The second-order valence-corrected chi connectivity index (χ2v) is 8.03. The summed E-state index contributed by atoms with van der Waals surface area (Å²) in [6.07, 6.45) is 0. The molecule has 0 aliphatic heterocycles. The number of anilines is 1. The van der Waals surface area contributed by atoms with Gasteiger partial charge in [-0.1, -0.05) is 54.1 Å². The van der Waals surface area contributed by atoms with E-state index in [0.717, 1.165) is 16.3 Å². The fraction of sp³-hybridized carbons (Fsp3) is 0.158. The van der Waals surface area contributed by atoms with E-state index >= 15 is 0 Å². The molecule has 1 N–H and O–H groups in total. The number of nitrogens with zero attached hydrogens (tertiary/aromatic N) is 1. The summed E-state index contributed by atoms with van der Waals surface area (Å²) in [7, 11) is 0. The zero-order valence-corrected chi connectivity index (χ0v) is 16.0. The molecule has 0 fully saturated rings. The summed E-state index contributed by atoms with van der Waals surface area (Å²) in [6, 6.07) is 17.3. The Bertz CT molecular complexity index is 851. The Morgan fingerprint density at radius 3 is 2.68 bits per heavy atom. The van der Waals surface area contributed by atoms with Crippen LogP contribution in [-0.4, -0.2) is 16.1 Å². The number of thioether (sulfide) groups is 1. The number of halogens is 1. The number of para-hydroxylation sites is 1. The van der Waals surface area contributed by atoms with Gasteiger partial charge in [-0.05, 0) is 19.1 Å². The molecule has 0 saturated heterocycles. The largest absolute Gasteiger partial charge is 0.324 e. The monoisotopic (exact) mass is 388 g/mol. The molecular weight excluding hydrogens is 372 g/mol. The molecular formula is C19H17ClN2OS2. The predicted molar refractivity (Wildman–Crippen MR) is 108 cm³/mol. The van der Waals surface area contributed by atoms with E-state index in [4.69, 9.17) is 11.6 Å². The van der Waals surface area contributed by atoms with Gasteiger partial charge in [0.1, 0.15) is 5.01 Å². The first kappa shape index (κ1) is 18.0. The highest BCUT2D eigenvalue weighted by atomic mass is 35.5. The van der Waals surface area contributed by atoms with E-state index in [0.29, 0.717) is 16.5 Å². The highest BCUT2D eigenvalue weighted by molar-refractivity contribution is 7.99. The van der Waals surface area contributed by atoms with Gasteiger partial charge in [-0.15, -0.1) is 23.1 Å². The number of hydrogen-bond acceptors (Lipinski definition) is 4. The first-order valence-corrected chi connectivity index (χ1v) is 10.1. The average molecular weight is 389 g/mol. The van der Waals surface area contributed by atoms with Crippen molar-refractivity contribution < 1.29 is 4.79 Å². The summed E-state index contributed by atoms with van der Waals surface area (Å²) in [5.74, 6) is 0.636. The smallest absolute Gasteiger partial charge is 0.237 e. The van der Waals surface area contributed by atoms with Crippen molar-refractivity contribution in [1.82, 2.24) is 4.98 Å². The first-order chi connectivity index (χ1) is 12.1. The second-order valence-electron chi connectivity index (χ2n) is 5.43.